The summed E-state index contributed by atoms with van der Waals surface area (Å²) in [7, 11) is 0. The number of aliphatic carboxylic acids is 1. The molecule has 2 heterocycles. The molecule has 1 saturated heterocycles. The fourth-order valence-corrected chi connectivity index (χ4v) is 9.31. The van der Waals surface area contributed by atoms with E-state index in [1.54, 1.807) is 32.9 Å². The Morgan fingerprint density at radius 3 is 1.89 bits per heavy atom. The Hall–Kier alpha value is -7.75. The zero-order valence-corrected chi connectivity index (χ0v) is 41.4. The highest BCUT2D eigenvalue weighted by Crippen LogP contribution is 2.37. The molecule has 5 atom stereocenters. The van der Waals surface area contributed by atoms with Crippen molar-refractivity contribution >= 4 is 46.3 Å². The Morgan fingerprint density at radius 1 is 0.726 bits per heavy atom. The molecule has 1 aliphatic heterocycles. The summed E-state index contributed by atoms with van der Waals surface area (Å²) in [5.74, 6) is -5.24. The van der Waals surface area contributed by atoms with Gasteiger partial charge in [-0.05, 0) is 97.5 Å². The van der Waals surface area contributed by atoms with Gasteiger partial charge in [-0.1, -0.05) is 140 Å². The van der Waals surface area contributed by atoms with Crippen molar-refractivity contribution in [2.45, 2.75) is 114 Å². The van der Waals surface area contributed by atoms with E-state index in [0.29, 0.717) is 41.5 Å². The standard InChI is InChI=1S/C58H64N6O9/c1-57(2,3)73-52(66)31-30-49(64(51-27-15-16-33-72-51)55(69)46(59)35-39-28-29-41-19-13-14-20-42(41)34-39)54(68)61-47(53(67)62-48(56(70)71)36-40-18-17-32-60-38-40)37-50(65)63-58(43-21-7-4-8-22-43,44-23-9-5-10-24-44)45-25-11-6-12-26-45/h4-14,17-26,28-29,32,34,38,46-49,51H,15-16,27,30-31,33,35-37,59H2,1-3H3,(H,61,68)(H,62,67)(H,63,65)(H,70,71)/t46-,47-,48-,49-,51?/m0/s1. The molecule has 5 aromatic carbocycles. The zero-order chi connectivity index (χ0) is 52.0. The van der Waals surface area contributed by atoms with Crippen LogP contribution in [0.1, 0.15) is 87.1 Å². The topological polar surface area (TPSA) is 219 Å². The van der Waals surface area contributed by atoms with E-state index in [-0.39, 0.29) is 32.3 Å². The number of aromatic nitrogens is 1. The molecule has 15 heteroatoms. The highest BCUT2D eigenvalue weighted by atomic mass is 16.6. The van der Waals surface area contributed by atoms with Gasteiger partial charge >= 0.3 is 11.9 Å². The van der Waals surface area contributed by atoms with Crippen LogP contribution in [-0.2, 0) is 56.6 Å². The Balaban J connectivity index is 1.27. The van der Waals surface area contributed by atoms with E-state index in [1.807, 2.05) is 133 Å². The molecule has 0 radical (unpaired) electrons. The monoisotopic (exact) mass is 988 g/mol. The van der Waals surface area contributed by atoms with Crippen LogP contribution in [0.4, 0.5) is 0 Å². The first-order chi connectivity index (χ1) is 35.1. The Labute approximate surface area is 425 Å². The number of rotatable bonds is 21. The molecule has 0 spiro atoms. The van der Waals surface area contributed by atoms with E-state index in [0.717, 1.165) is 16.3 Å². The van der Waals surface area contributed by atoms with Crippen LogP contribution in [0.2, 0.25) is 0 Å². The third kappa shape index (κ3) is 14.0. The molecule has 0 saturated carbocycles. The zero-order valence-electron chi connectivity index (χ0n) is 41.4. The number of nitrogens with one attached hydrogen (secondary N) is 3. The number of carbonyl (C=O) groups is 6. The van der Waals surface area contributed by atoms with Gasteiger partial charge in [0.1, 0.15) is 35.5 Å². The molecule has 0 aliphatic carbocycles. The number of hydrogen-bond donors (Lipinski definition) is 5. The third-order valence-corrected chi connectivity index (χ3v) is 12.7. The first kappa shape index (κ1) is 53.1. The van der Waals surface area contributed by atoms with Crippen molar-refractivity contribution in [3.63, 3.8) is 0 Å². The SMILES string of the molecule is CC(C)(C)OC(=O)CC[C@@H](C(=O)N[C@@H](CC(=O)NC(c1ccccc1)(c1ccccc1)c1ccccc1)C(=O)N[C@@H](Cc1cccnc1)C(=O)O)N(C(=O)[C@@H](N)Cc1ccc2ccccc2c1)C1CCCCO1. The lowest BCUT2D eigenvalue weighted by Gasteiger charge is -2.40. The van der Waals surface area contributed by atoms with Gasteiger partial charge in [0.15, 0.2) is 0 Å². The number of esters is 1. The van der Waals surface area contributed by atoms with Gasteiger partial charge < -0.3 is 41.2 Å². The number of benzene rings is 5. The average molecular weight is 989 g/mol. The molecule has 380 valence electrons. The smallest absolute Gasteiger partial charge is 0.326 e. The van der Waals surface area contributed by atoms with Gasteiger partial charge in [-0.2, -0.15) is 0 Å². The number of pyridine rings is 1. The van der Waals surface area contributed by atoms with E-state index >= 15 is 9.59 Å². The van der Waals surface area contributed by atoms with Crippen LogP contribution in [0.15, 0.2) is 158 Å². The van der Waals surface area contributed by atoms with E-state index in [2.05, 4.69) is 20.9 Å². The van der Waals surface area contributed by atoms with Gasteiger partial charge in [-0.3, -0.25) is 29.0 Å². The van der Waals surface area contributed by atoms with E-state index in [1.165, 1.54) is 17.3 Å². The highest BCUT2D eigenvalue weighted by molar-refractivity contribution is 5.97. The molecular weight excluding hydrogens is 925 g/mol. The quantitative estimate of drug-likeness (QED) is 0.0375. The maximum absolute atomic E-state index is 15.3. The van der Waals surface area contributed by atoms with E-state index in [4.69, 9.17) is 15.2 Å². The molecular formula is C58H64N6O9. The number of hydrogen-bond acceptors (Lipinski definition) is 10. The van der Waals surface area contributed by atoms with Gasteiger partial charge in [0.05, 0.1) is 12.5 Å². The number of fused-ring (bicyclic) bond motifs is 1. The second-order valence-electron chi connectivity index (χ2n) is 19.3. The van der Waals surface area contributed by atoms with Crippen LogP contribution in [0.25, 0.3) is 10.8 Å². The normalized spacial score (nSPS) is 15.4. The molecule has 0 bridgehead atoms. The summed E-state index contributed by atoms with van der Waals surface area (Å²) in [6, 6.07) is 38.9. The van der Waals surface area contributed by atoms with Gasteiger partial charge in [-0.25, -0.2) is 4.79 Å². The van der Waals surface area contributed by atoms with Crippen molar-refractivity contribution in [1.29, 1.82) is 0 Å². The van der Waals surface area contributed by atoms with Crippen molar-refractivity contribution in [2.24, 2.45) is 5.73 Å². The van der Waals surface area contributed by atoms with Crippen molar-refractivity contribution in [1.82, 2.24) is 25.8 Å². The summed E-state index contributed by atoms with van der Waals surface area (Å²) in [5.41, 5.74) is 7.96. The first-order valence-corrected chi connectivity index (χ1v) is 24.7. The lowest BCUT2D eigenvalue weighted by molar-refractivity contribution is -0.166. The highest BCUT2D eigenvalue weighted by Gasteiger charge is 2.43. The van der Waals surface area contributed by atoms with Crippen LogP contribution in [0, 0.1) is 0 Å². The molecule has 4 amide bonds. The second-order valence-corrected chi connectivity index (χ2v) is 19.3. The molecule has 73 heavy (non-hydrogen) atoms. The summed E-state index contributed by atoms with van der Waals surface area (Å²) < 4.78 is 11.9. The van der Waals surface area contributed by atoms with Crippen molar-refractivity contribution in [3.05, 3.63) is 186 Å². The van der Waals surface area contributed by atoms with Gasteiger partial charge in [0.25, 0.3) is 0 Å². The molecule has 1 unspecified atom stereocenters. The lowest BCUT2D eigenvalue weighted by atomic mass is 9.77. The molecule has 1 fully saturated rings. The maximum Gasteiger partial charge on any atom is 0.326 e. The summed E-state index contributed by atoms with van der Waals surface area (Å²) >= 11 is 0. The molecule has 15 nitrogen and oxygen atoms in total. The number of carboxylic acid groups (broad SMARTS) is 1. The fraction of sp³-hybridized carbons (Fsp3) is 0.328. The molecule has 6 aromatic rings. The van der Waals surface area contributed by atoms with E-state index < -0.39 is 83.5 Å². The van der Waals surface area contributed by atoms with Gasteiger partial charge in [0.2, 0.25) is 23.6 Å². The van der Waals surface area contributed by atoms with Crippen molar-refractivity contribution < 1.29 is 43.3 Å². The minimum atomic E-state index is -1.73. The number of nitrogens with zero attached hydrogens (tertiary/aromatic N) is 2. The van der Waals surface area contributed by atoms with Crippen LogP contribution < -0.4 is 21.7 Å². The third-order valence-electron chi connectivity index (χ3n) is 12.7. The fourth-order valence-electron chi connectivity index (χ4n) is 9.31. The molecule has 6 N–H and O–H groups in total. The predicted octanol–water partition coefficient (Wildman–Crippen LogP) is 6.75. The van der Waals surface area contributed by atoms with Crippen LogP contribution >= 0.6 is 0 Å². The number of amides is 4. The molecule has 1 aliphatic rings. The first-order valence-electron chi connectivity index (χ1n) is 24.7. The van der Waals surface area contributed by atoms with Crippen molar-refractivity contribution in [3.8, 4) is 0 Å². The summed E-state index contributed by atoms with van der Waals surface area (Å²) in [6.45, 7) is 5.41. The summed E-state index contributed by atoms with van der Waals surface area (Å²) in [5, 5.41) is 20.9. The predicted molar refractivity (Wildman–Crippen MR) is 276 cm³/mol. The molecule has 7 rings (SSSR count). The second kappa shape index (κ2) is 24.6. The van der Waals surface area contributed by atoms with Crippen molar-refractivity contribution in [2.75, 3.05) is 6.61 Å². The van der Waals surface area contributed by atoms with Gasteiger partial charge in [0, 0.05) is 31.8 Å². The number of ether oxygens (including phenoxy) is 2. The number of carboxylic acids is 1. The number of carbonyl (C=O) groups excluding carboxylic acids is 5. The Bertz CT molecular complexity index is 2720. The largest absolute Gasteiger partial charge is 0.480 e. The van der Waals surface area contributed by atoms with Crippen LogP contribution in [0.5, 0.6) is 0 Å². The maximum atomic E-state index is 15.3. The summed E-state index contributed by atoms with van der Waals surface area (Å²) in [6.07, 6.45) is 2.37. The summed E-state index contributed by atoms with van der Waals surface area (Å²) in [4.78, 5) is 91.7. The van der Waals surface area contributed by atoms with Crippen LogP contribution in [-0.4, -0.2) is 93.2 Å². The van der Waals surface area contributed by atoms with E-state index in [9.17, 15) is 24.3 Å². The van der Waals surface area contributed by atoms with Crippen LogP contribution in [0.3, 0.4) is 0 Å². The Kier molecular flexibility index (Phi) is 17.9. The molecule has 1 aromatic heterocycles. The average Bonchev–Trinajstić information content (AvgIpc) is 3.39. The number of nitrogens with two attached hydrogens (primary N) is 1. The minimum absolute atomic E-state index is 0.0952. The van der Waals surface area contributed by atoms with Gasteiger partial charge in [-0.15, -0.1) is 0 Å². The minimum Gasteiger partial charge on any atom is -0.480 e. The Morgan fingerprint density at radius 2 is 1.33 bits per heavy atom. The lowest BCUT2D eigenvalue weighted by Crippen LogP contribution is -2.62.